The maximum Gasteiger partial charge on any atom is 0.242 e. The smallest absolute Gasteiger partial charge is 0.242 e. The Hall–Kier alpha value is -2.04. The van der Waals surface area contributed by atoms with Gasteiger partial charge >= 0.3 is 0 Å². The molecule has 0 aromatic heterocycles. The van der Waals surface area contributed by atoms with E-state index in [2.05, 4.69) is 35.3 Å². The summed E-state index contributed by atoms with van der Waals surface area (Å²) < 4.78 is 0. The number of carbonyl (C=O) groups excluding carboxylic acids is 2. The monoisotopic (exact) mass is 343 g/mol. The van der Waals surface area contributed by atoms with Gasteiger partial charge in [0.25, 0.3) is 0 Å². The quantitative estimate of drug-likeness (QED) is 0.911. The summed E-state index contributed by atoms with van der Waals surface area (Å²) in [6.07, 6.45) is 5.09. The molecule has 0 radical (unpaired) electrons. The summed E-state index contributed by atoms with van der Waals surface area (Å²) in [7, 11) is 0. The number of nitrogens with one attached hydrogen (secondary N) is 1. The summed E-state index contributed by atoms with van der Waals surface area (Å²) in [6, 6.07) is 6.59. The minimum atomic E-state index is -0.0168. The summed E-state index contributed by atoms with van der Waals surface area (Å²) in [5.74, 6) is 0.158. The minimum absolute atomic E-state index is 0.0168. The molecule has 1 aromatic rings. The Labute approximate surface area is 150 Å². The van der Waals surface area contributed by atoms with Crippen molar-refractivity contribution >= 4 is 17.5 Å². The van der Waals surface area contributed by atoms with Gasteiger partial charge in [0, 0.05) is 38.3 Å². The summed E-state index contributed by atoms with van der Waals surface area (Å²) in [4.78, 5) is 28.4. The molecule has 136 valence electrons. The highest BCUT2D eigenvalue weighted by Crippen LogP contribution is 2.31. The molecule has 0 aliphatic carbocycles. The number of hydrogen-bond acceptors (Lipinski definition) is 3. The number of likely N-dealkylation sites (tertiary alicyclic amines) is 1. The Morgan fingerprint density at radius 2 is 2.08 bits per heavy atom. The van der Waals surface area contributed by atoms with Gasteiger partial charge in [0.05, 0.1) is 6.54 Å². The van der Waals surface area contributed by atoms with Gasteiger partial charge in [-0.05, 0) is 43.2 Å². The lowest BCUT2D eigenvalue weighted by Gasteiger charge is -2.37. The second-order valence-electron chi connectivity index (χ2n) is 7.18. The number of fused-ring (bicyclic) bond motifs is 1. The van der Waals surface area contributed by atoms with Crippen LogP contribution < -0.4 is 10.2 Å². The molecule has 1 fully saturated rings. The summed E-state index contributed by atoms with van der Waals surface area (Å²) >= 11 is 0. The van der Waals surface area contributed by atoms with E-state index in [1.807, 2.05) is 4.90 Å². The first-order valence-corrected chi connectivity index (χ1v) is 9.49. The van der Waals surface area contributed by atoms with Gasteiger partial charge in [0.1, 0.15) is 0 Å². The van der Waals surface area contributed by atoms with Crippen LogP contribution in [0.3, 0.4) is 0 Å². The average Bonchev–Trinajstić information content (AvgIpc) is 2.61. The summed E-state index contributed by atoms with van der Waals surface area (Å²) in [5, 5.41) is 2.96. The van der Waals surface area contributed by atoms with Crippen LogP contribution in [-0.4, -0.2) is 48.9 Å². The summed E-state index contributed by atoms with van der Waals surface area (Å²) in [6.45, 7) is 6.53. The maximum atomic E-state index is 12.9. The van der Waals surface area contributed by atoms with Crippen molar-refractivity contribution in [3.05, 3.63) is 29.3 Å². The molecule has 2 heterocycles. The van der Waals surface area contributed by atoms with E-state index in [0.29, 0.717) is 13.1 Å². The van der Waals surface area contributed by atoms with Crippen LogP contribution in [0, 0.1) is 0 Å². The number of benzene rings is 1. The fourth-order valence-electron chi connectivity index (χ4n) is 4.14. The molecule has 1 N–H and O–H groups in total. The molecule has 0 bridgehead atoms. The Morgan fingerprint density at radius 3 is 2.84 bits per heavy atom. The standard InChI is InChI=1S/C20H29N3O2/c1-3-16-7-4-8-17-9-5-12-23(20(16)17)14-19(25)22-11-6-10-18(13-22)21-15(2)24/h4,7-8,18H,3,5-6,9-14H2,1-2H3,(H,21,24). The van der Waals surface area contributed by atoms with E-state index >= 15 is 0 Å². The molecule has 0 saturated carbocycles. The number of carbonyl (C=O) groups is 2. The van der Waals surface area contributed by atoms with Crippen LogP contribution in [-0.2, 0) is 22.4 Å². The van der Waals surface area contributed by atoms with Crippen LogP contribution in [0.15, 0.2) is 18.2 Å². The van der Waals surface area contributed by atoms with Crippen molar-refractivity contribution in [2.24, 2.45) is 0 Å². The normalized spacial score (nSPS) is 20.2. The van der Waals surface area contributed by atoms with E-state index in [1.165, 1.54) is 23.7 Å². The highest BCUT2D eigenvalue weighted by Gasteiger charge is 2.27. The van der Waals surface area contributed by atoms with Gasteiger partial charge in [-0.1, -0.05) is 25.1 Å². The molecule has 0 spiro atoms. The van der Waals surface area contributed by atoms with Gasteiger partial charge < -0.3 is 15.1 Å². The molecular formula is C20H29N3O2. The first-order valence-electron chi connectivity index (χ1n) is 9.49. The van der Waals surface area contributed by atoms with Crippen LogP contribution in [0.25, 0.3) is 0 Å². The summed E-state index contributed by atoms with van der Waals surface area (Å²) in [5.41, 5.74) is 3.98. The zero-order valence-corrected chi connectivity index (χ0v) is 15.4. The predicted molar refractivity (Wildman–Crippen MR) is 99.8 cm³/mol. The van der Waals surface area contributed by atoms with E-state index < -0.39 is 0 Å². The number of piperidine rings is 1. The first-order chi connectivity index (χ1) is 12.1. The zero-order valence-electron chi connectivity index (χ0n) is 15.4. The van der Waals surface area contributed by atoms with E-state index in [0.717, 1.165) is 45.2 Å². The van der Waals surface area contributed by atoms with Crippen molar-refractivity contribution in [3.8, 4) is 0 Å². The topological polar surface area (TPSA) is 52.7 Å². The highest BCUT2D eigenvalue weighted by atomic mass is 16.2. The van der Waals surface area contributed by atoms with Crippen molar-refractivity contribution in [3.63, 3.8) is 0 Å². The van der Waals surface area contributed by atoms with Crippen LogP contribution in [0.4, 0.5) is 5.69 Å². The largest absolute Gasteiger partial charge is 0.362 e. The van der Waals surface area contributed by atoms with Gasteiger partial charge in [-0.3, -0.25) is 9.59 Å². The zero-order chi connectivity index (χ0) is 17.8. The molecule has 1 aromatic carbocycles. The Kier molecular flexibility index (Phi) is 5.61. The lowest BCUT2D eigenvalue weighted by atomic mass is 9.96. The molecule has 5 nitrogen and oxygen atoms in total. The number of anilines is 1. The number of hydrogen-bond donors (Lipinski definition) is 1. The van der Waals surface area contributed by atoms with E-state index in [-0.39, 0.29) is 17.9 Å². The molecule has 1 unspecified atom stereocenters. The number of rotatable bonds is 4. The third-order valence-electron chi connectivity index (χ3n) is 5.28. The molecule has 2 aliphatic rings. The molecule has 2 aliphatic heterocycles. The van der Waals surface area contributed by atoms with E-state index in [1.54, 1.807) is 0 Å². The van der Waals surface area contributed by atoms with Crippen LogP contribution in [0.5, 0.6) is 0 Å². The molecule has 5 heteroatoms. The third kappa shape index (κ3) is 4.14. The van der Waals surface area contributed by atoms with Gasteiger partial charge in [0.2, 0.25) is 11.8 Å². The highest BCUT2D eigenvalue weighted by molar-refractivity contribution is 5.83. The third-order valence-corrected chi connectivity index (χ3v) is 5.28. The number of nitrogens with zero attached hydrogens (tertiary/aromatic N) is 2. The SMILES string of the molecule is CCc1cccc2c1N(CC(=O)N1CCCC(NC(C)=O)C1)CCC2. The van der Waals surface area contributed by atoms with Crippen LogP contribution in [0.1, 0.15) is 44.2 Å². The van der Waals surface area contributed by atoms with Gasteiger partial charge in [0.15, 0.2) is 0 Å². The predicted octanol–water partition coefficient (Wildman–Crippen LogP) is 2.13. The fourth-order valence-corrected chi connectivity index (χ4v) is 4.14. The number of para-hydroxylation sites is 1. The maximum absolute atomic E-state index is 12.9. The Bertz CT molecular complexity index is 630. The molecular weight excluding hydrogens is 314 g/mol. The van der Waals surface area contributed by atoms with Gasteiger partial charge in [-0.2, -0.15) is 0 Å². The number of aryl methyl sites for hydroxylation is 2. The second-order valence-corrected chi connectivity index (χ2v) is 7.18. The molecule has 1 saturated heterocycles. The molecule has 3 rings (SSSR count). The Morgan fingerprint density at radius 1 is 1.24 bits per heavy atom. The lowest BCUT2D eigenvalue weighted by Crippen LogP contribution is -2.51. The van der Waals surface area contributed by atoms with Gasteiger partial charge in [-0.15, -0.1) is 0 Å². The van der Waals surface area contributed by atoms with Crippen LogP contribution >= 0.6 is 0 Å². The van der Waals surface area contributed by atoms with Crippen molar-refractivity contribution < 1.29 is 9.59 Å². The van der Waals surface area contributed by atoms with E-state index in [4.69, 9.17) is 0 Å². The van der Waals surface area contributed by atoms with Crippen LogP contribution in [0.2, 0.25) is 0 Å². The number of amides is 2. The van der Waals surface area contributed by atoms with Crippen molar-refractivity contribution in [2.45, 2.75) is 52.0 Å². The second kappa shape index (κ2) is 7.89. The van der Waals surface area contributed by atoms with Gasteiger partial charge in [-0.25, -0.2) is 0 Å². The lowest BCUT2D eigenvalue weighted by molar-refractivity contribution is -0.132. The molecule has 1 atom stereocenters. The Balaban J connectivity index is 1.69. The fraction of sp³-hybridized carbons (Fsp3) is 0.600. The van der Waals surface area contributed by atoms with Crippen molar-refractivity contribution in [2.75, 3.05) is 31.1 Å². The average molecular weight is 343 g/mol. The molecule has 2 amide bonds. The van der Waals surface area contributed by atoms with Crippen molar-refractivity contribution in [1.29, 1.82) is 0 Å². The van der Waals surface area contributed by atoms with E-state index in [9.17, 15) is 9.59 Å². The first kappa shape index (κ1) is 17.8. The minimum Gasteiger partial charge on any atom is -0.362 e. The van der Waals surface area contributed by atoms with Crippen molar-refractivity contribution in [1.82, 2.24) is 10.2 Å². The molecule has 25 heavy (non-hydrogen) atoms.